The van der Waals surface area contributed by atoms with E-state index in [4.69, 9.17) is 0 Å². The molecule has 0 saturated carbocycles. The summed E-state index contributed by atoms with van der Waals surface area (Å²) in [5.41, 5.74) is 6.19. The molecule has 2 nitrogen and oxygen atoms in total. The van der Waals surface area contributed by atoms with Crippen LogP contribution in [0, 0.1) is 5.92 Å². The van der Waals surface area contributed by atoms with Gasteiger partial charge in [0.15, 0.2) is 0 Å². The zero-order valence-electron chi connectivity index (χ0n) is 12.9. The van der Waals surface area contributed by atoms with Crippen LogP contribution >= 0.6 is 0 Å². The number of fused-ring (bicyclic) bond motifs is 5. The van der Waals surface area contributed by atoms with Gasteiger partial charge in [0.25, 0.3) is 0 Å². The van der Waals surface area contributed by atoms with Gasteiger partial charge < -0.3 is 4.90 Å². The van der Waals surface area contributed by atoms with Gasteiger partial charge in [0.05, 0.1) is 12.2 Å². The molecule has 110 valence electrons. The third kappa shape index (κ3) is 1.98. The summed E-state index contributed by atoms with van der Waals surface area (Å²) in [6, 6.07) is 16.8. The van der Waals surface area contributed by atoms with Gasteiger partial charge in [-0.05, 0) is 22.8 Å². The Bertz CT molecular complexity index is 788. The maximum atomic E-state index is 12.8. The first-order valence-corrected chi connectivity index (χ1v) is 7.87. The minimum absolute atomic E-state index is 0.0105. The number of hydrogen-bond donors (Lipinski definition) is 0. The summed E-state index contributed by atoms with van der Waals surface area (Å²) >= 11 is 0. The van der Waals surface area contributed by atoms with Crippen LogP contribution in [0.1, 0.15) is 36.5 Å². The maximum absolute atomic E-state index is 12.8. The molecule has 2 aromatic rings. The number of carbonyl (C=O) groups excluding carboxylic acids is 1. The molecule has 0 saturated heterocycles. The molecule has 0 fully saturated rings. The first-order chi connectivity index (χ1) is 10.7. The van der Waals surface area contributed by atoms with Crippen LogP contribution in [0.5, 0.6) is 0 Å². The van der Waals surface area contributed by atoms with Crippen molar-refractivity contribution in [3.63, 3.8) is 0 Å². The molecule has 1 heterocycles. The first kappa shape index (κ1) is 13.3. The summed E-state index contributed by atoms with van der Waals surface area (Å²) in [7, 11) is 0. The summed E-state index contributed by atoms with van der Waals surface area (Å²) in [4.78, 5) is 14.7. The molecule has 0 bridgehead atoms. The van der Waals surface area contributed by atoms with E-state index in [2.05, 4.69) is 48.5 Å². The lowest BCUT2D eigenvalue weighted by Crippen LogP contribution is -2.35. The molecule has 1 atom stereocenters. The Labute approximate surface area is 131 Å². The van der Waals surface area contributed by atoms with Crippen molar-refractivity contribution < 1.29 is 4.79 Å². The molecule has 2 heteroatoms. The van der Waals surface area contributed by atoms with E-state index >= 15 is 0 Å². The first-order valence-electron chi connectivity index (χ1n) is 7.87. The molecule has 2 aromatic carbocycles. The van der Waals surface area contributed by atoms with Crippen molar-refractivity contribution in [2.45, 2.75) is 26.3 Å². The standard InChI is InChI=1S/C20H19NO/c1-13(2)20(22)21-12-14-7-3-4-8-15(14)17-11-18(17)16-9-5-6-10-19(16)21/h3-11,13,17H,12H2,1-2H3. The molecule has 0 spiro atoms. The van der Waals surface area contributed by atoms with Crippen molar-refractivity contribution in [3.05, 3.63) is 71.3 Å². The molecular weight excluding hydrogens is 270 g/mol. The van der Waals surface area contributed by atoms with Gasteiger partial charge in [0.1, 0.15) is 0 Å². The highest BCUT2D eigenvalue weighted by atomic mass is 16.2. The largest absolute Gasteiger partial charge is 0.307 e. The molecular formula is C20H19NO. The number of rotatable bonds is 1. The van der Waals surface area contributed by atoms with Crippen LogP contribution < -0.4 is 4.90 Å². The predicted octanol–water partition coefficient (Wildman–Crippen LogP) is 4.37. The number of hydrogen-bond acceptors (Lipinski definition) is 1. The zero-order valence-corrected chi connectivity index (χ0v) is 12.9. The van der Waals surface area contributed by atoms with Crippen molar-refractivity contribution in [1.82, 2.24) is 0 Å². The van der Waals surface area contributed by atoms with Gasteiger partial charge in [-0.3, -0.25) is 4.79 Å². The topological polar surface area (TPSA) is 20.3 Å². The minimum Gasteiger partial charge on any atom is -0.307 e. The molecule has 1 aliphatic heterocycles. The Morgan fingerprint density at radius 2 is 1.82 bits per heavy atom. The number of anilines is 1. The van der Waals surface area contributed by atoms with Crippen molar-refractivity contribution >= 4 is 17.2 Å². The Balaban J connectivity index is 1.88. The predicted molar refractivity (Wildman–Crippen MR) is 89.6 cm³/mol. The summed E-state index contributed by atoms with van der Waals surface area (Å²) < 4.78 is 0. The monoisotopic (exact) mass is 289 g/mol. The van der Waals surface area contributed by atoms with Gasteiger partial charge in [0, 0.05) is 17.4 Å². The molecule has 0 radical (unpaired) electrons. The van der Waals surface area contributed by atoms with Gasteiger partial charge in [0.2, 0.25) is 5.91 Å². The van der Waals surface area contributed by atoms with E-state index < -0.39 is 0 Å². The number of benzene rings is 2. The van der Waals surface area contributed by atoms with Gasteiger partial charge >= 0.3 is 0 Å². The SMILES string of the molecule is CC(C)C(=O)N1Cc2ccccc2C2C=C2c2ccccc21. The van der Waals surface area contributed by atoms with Gasteiger partial charge in [-0.25, -0.2) is 0 Å². The average Bonchev–Trinajstić information content (AvgIpc) is 3.31. The van der Waals surface area contributed by atoms with Crippen molar-refractivity contribution in [2.75, 3.05) is 4.90 Å². The molecule has 0 aromatic heterocycles. The second-order valence-electron chi connectivity index (χ2n) is 6.39. The molecule has 1 unspecified atom stereocenters. The van der Waals surface area contributed by atoms with Crippen molar-refractivity contribution in [1.29, 1.82) is 0 Å². The number of para-hydroxylation sites is 1. The summed E-state index contributed by atoms with van der Waals surface area (Å²) in [6.07, 6.45) is 2.31. The summed E-state index contributed by atoms with van der Waals surface area (Å²) in [5, 5.41) is 0. The average molecular weight is 289 g/mol. The van der Waals surface area contributed by atoms with E-state index in [0.717, 1.165) is 5.69 Å². The summed E-state index contributed by atoms with van der Waals surface area (Å²) in [5.74, 6) is 0.597. The highest BCUT2D eigenvalue weighted by molar-refractivity contribution is 6.01. The number of amides is 1. The van der Waals surface area contributed by atoms with E-state index in [1.54, 1.807) is 0 Å². The Kier molecular flexibility index (Phi) is 2.93. The second kappa shape index (κ2) is 4.84. The van der Waals surface area contributed by atoms with E-state index in [1.165, 1.54) is 22.3 Å². The smallest absolute Gasteiger partial charge is 0.229 e. The molecule has 0 N–H and O–H groups in total. The number of carbonyl (C=O) groups is 1. The van der Waals surface area contributed by atoms with Crippen LogP contribution in [0.3, 0.4) is 0 Å². The van der Waals surface area contributed by atoms with E-state index in [-0.39, 0.29) is 11.8 Å². The fourth-order valence-corrected chi connectivity index (χ4v) is 3.34. The van der Waals surface area contributed by atoms with Crippen molar-refractivity contribution in [3.8, 4) is 0 Å². The van der Waals surface area contributed by atoms with Crippen LogP contribution in [0.2, 0.25) is 0 Å². The van der Waals surface area contributed by atoms with Gasteiger partial charge in [-0.1, -0.05) is 62.4 Å². The van der Waals surface area contributed by atoms with Crippen LogP contribution in [-0.2, 0) is 11.3 Å². The third-order valence-electron chi connectivity index (χ3n) is 4.56. The van der Waals surface area contributed by atoms with Gasteiger partial charge in [-0.2, -0.15) is 0 Å². The van der Waals surface area contributed by atoms with E-state index in [0.29, 0.717) is 12.5 Å². The van der Waals surface area contributed by atoms with Crippen LogP contribution in [-0.4, -0.2) is 5.91 Å². The number of nitrogens with zero attached hydrogens (tertiary/aromatic N) is 1. The highest BCUT2D eigenvalue weighted by Crippen LogP contribution is 2.51. The molecule has 4 rings (SSSR count). The van der Waals surface area contributed by atoms with E-state index in [1.807, 2.05) is 24.8 Å². The third-order valence-corrected chi connectivity index (χ3v) is 4.56. The molecule has 2 aliphatic rings. The molecule has 1 aliphatic carbocycles. The normalized spacial score (nSPS) is 18.6. The summed E-state index contributed by atoms with van der Waals surface area (Å²) in [6.45, 7) is 4.59. The lowest BCUT2D eigenvalue weighted by atomic mass is 9.94. The lowest BCUT2D eigenvalue weighted by molar-refractivity contribution is -0.121. The fourth-order valence-electron chi connectivity index (χ4n) is 3.34. The number of allylic oxidation sites excluding steroid dienone is 2. The second-order valence-corrected chi connectivity index (χ2v) is 6.39. The molecule has 22 heavy (non-hydrogen) atoms. The Morgan fingerprint density at radius 1 is 1.09 bits per heavy atom. The lowest BCUT2D eigenvalue weighted by Gasteiger charge is -2.29. The minimum atomic E-state index is -0.0105. The van der Waals surface area contributed by atoms with Crippen LogP contribution in [0.4, 0.5) is 5.69 Å². The van der Waals surface area contributed by atoms with Crippen LogP contribution in [0.15, 0.2) is 54.6 Å². The Morgan fingerprint density at radius 3 is 2.64 bits per heavy atom. The van der Waals surface area contributed by atoms with Crippen molar-refractivity contribution in [2.24, 2.45) is 5.92 Å². The quantitative estimate of drug-likeness (QED) is 0.763. The fraction of sp³-hybridized carbons (Fsp3) is 0.250. The van der Waals surface area contributed by atoms with E-state index in [9.17, 15) is 4.79 Å². The molecule has 1 amide bonds. The highest BCUT2D eigenvalue weighted by Gasteiger charge is 2.35. The van der Waals surface area contributed by atoms with Gasteiger partial charge in [-0.15, -0.1) is 0 Å². The zero-order chi connectivity index (χ0) is 15.3. The Hall–Kier alpha value is -2.35. The maximum Gasteiger partial charge on any atom is 0.229 e. The van der Waals surface area contributed by atoms with Crippen LogP contribution in [0.25, 0.3) is 5.57 Å².